The van der Waals surface area contributed by atoms with Gasteiger partial charge in [-0.15, -0.1) is 0 Å². The van der Waals surface area contributed by atoms with Crippen molar-refractivity contribution < 1.29 is 14.3 Å². The summed E-state index contributed by atoms with van der Waals surface area (Å²) in [4.78, 5) is 11.1. The van der Waals surface area contributed by atoms with E-state index in [2.05, 4.69) is 66.8 Å². The lowest BCUT2D eigenvalue weighted by molar-refractivity contribution is -0.118. The molecule has 1 amide bonds. The molecule has 0 fully saturated rings. The first-order chi connectivity index (χ1) is 19.0. The van der Waals surface area contributed by atoms with Crippen molar-refractivity contribution in [3.63, 3.8) is 0 Å². The third-order valence-electron chi connectivity index (χ3n) is 6.69. The van der Waals surface area contributed by atoms with E-state index >= 15 is 0 Å². The maximum atomic E-state index is 11.1. The Kier molecular flexibility index (Phi) is 9.74. The van der Waals surface area contributed by atoms with Crippen molar-refractivity contribution in [3.05, 3.63) is 119 Å². The quantitative estimate of drug-likeness (QED) is 0.202. The average Bonchev–Trinajstić information content (AvgIpc) is 2.96. The largest absolute Gasteiger partial charge is 0.489 e. The number of hydrogen-bond acceptors (Lipinski definition) is 4. The Morgan fingerprint density at radius 1 is 0.846 bits per heavy atom. The van der Waals surface area contributed by atoms with Crippen LogP contribution in [0, 0.1) is 18.3 Å². The van der Waals surface area contributed by atoms with Gasteiger partial charge in [-0.3, -0.25) is 4.79 Å². The van der Waals surface area contributed by atoms with Crippen molar-refractivity contribution in [1.29, 1.82) is 5.26 Å². The zero-order valence-corrected chi connectivity index (χ0v) is 22.6. The fraction of sp³-hybridized carbons (Fsp3) is 0.235. The Morgan fingerprint density at radius 3 is 2.38 bits per heavy atom. The van der Waals surface area contributed by atoms with Crippen LogP contribution in [0.15, 0.2) is 91.0 Å². The van der Waals surface area contributed by atoms with E-state index in [9.17, 15) is 4.79 Å². The number of nitriles is 1. The minimum absolute atomic E-state index is 0.00696. The molecule has 0 unspecified atom stereocenters. The number of rotatable bonds is 12. The Labute approximate surface area is 231 Å². The molecule has 0 spiro atoms. The SMILES string of the molecule is CC(=O)NCCCCc1ccc(OCc2cccc(-c3ccccc3)c2C)cc1OCc1ccc(C#N)cc1. The second-order valence-corrected chi connectivity index (χ2v) is 9.55. The summed E-state index contributed by atoms with van der Waals surface area (Å²) >= 11 is 0. The highest BCUT2D eigenvalue weighted by molar-refractivity contribution is 5.72. The van der Waals surface area contributed by atoms with Crippen LogP contribution >= 0.6 is 0 Å². The molecule has 39 heavy (non-hydrogen) atoms. The topological polar surface area (TPSA) is 71.3 Å². The molecule has 5 nitrogen and oxygen atoms in total. The number of amides is 1. The maximum Gasteiger partial charge on any atom is 0.216 e. The molecule has 5 heteroatoms. The minimum atomic E-state index is -0.00696. The molecule has 4 rings (SSSR count). The summed E-state index contributed by atoms with van der Waals surface area (Å²) in [6.07, 6.45) is 2.66. The molecule has 0 aliphatic rings. The Bertz CT molecular complexity index is 1420. The van der Waals surface area contributed by atoms with Gasteiger partial charge in [0.2, 0.25) is 5.91 Å². The van der Waals surface area contributed by atoms with Crippen LogP contribution in [0.5, 0.6) is 11.5 Å². The van der Waals surface area contributed by atoms with E-state index in [0.717, 1.165) is 47.5 Å². The normalized spacial score (nSPS) is 10.5. The molecule has 0 aliphatic heterocycles. The van der Waals surface area contributed by atoms with Gasteiger partial charge in [0.15, 0.2) is 0 Å². The lowest BCUT2D eigenvalue weighted by atomic mass is 9.97. The van der Waals surface area contributed by atoms with E-state index in [1.807, 2.05) is 30.3 Å². The molecule has 0 bridgehead atoms. The van der Waals surface area contributed by atoms with Gasteiger partial charge in [0.1, 0.15) is 24.7 Å². The number of carbonyl (C=O) groups is 1. The molecule has 0 aliphatic carbocycles. The summed E-state index contributed by atoms with van der Waals surface area (Å²) < 4.78 is 12.5. The van der Waals surface area contributed by atoms with Gasteiger partial charge >= 0.3 is 0 Å². The fourth-order valence-electron chi connectivity index (χ4n) is 4.44. The Morgan fingerprint density at radius 2 is 1.64 bits per heavy atom. The highest BCUT2D eigenvalue weighted by Crippen LogP contribution is 2.30. The van der Waals surface area contributed by atoms with Crippen molar-refractivity contribution >= 4 is 5.91 Å². The third kappa shape index (κ3) is 7.96. The minimum Gasteiger partial charge on any atom is -0.489 e. The van der Waals surface area contributed by atoms with E-state index in [0.29, 0.717) is 25.3 Å². The second kappa shape index (κ2) is 13.8. The van der Waals surface area contributed by atoms with Crippen LogP contribution in [0.25, 0.3) is 11.1 Å². The number of benzene rings is 4. The van der Waals surface area contributed by atoms with Gasteiger partial charge in [-0.1, -0.05) is 66.7 Å². The molecule has 0 radical (unpaired) electrons. The standard InChI is InChI=1S/C34H34N2O3/c1-25-31(12-8-13-33(25)29-9-4-3-5-10-29)24-38-32-19-18-30(11-6-7-20-36-26(2)37)34(21-32)39-23-28-16-14-27(22-35)15-17-28/h3-5,8-10,12-19,21H,6-7,11,20,23-24H2,1-2H3,(H,36,37). The summed E-state index contributed by atoms with van der Waals surface area (Å²) in [5, 5.41) is 11.9. The van der Waals surface area contributed by atoms with E-state index in [-0.39, 0.29) is 5.91 Å². The van der Waals surface area contributed by atoms with Crippen LogP contribution in [0.2, 0.25) is 0 Å². The van der Waals surface area contributed by atoms with Crippen LogP contribution in [0.1, 0.15) is 47.6 Å². The average molecular weight is 519 g/mol. The fourth-order valence-corrected chi connectivity index (χ4v) is 4.44. The Balaban J connectivity index is 1.47. The van der Waals surface area contributed by atoms with Crippen LogP contribution in [-0.2, 0) is 24.4 Å². The number of carbonyl (C=O) groups excluding carboxylic acids is 1. The highest BCUT2D eigenvalue weighted by Gasteiger charge is 2.10. The van der Waals surface area contributed by atoms with E-state index in [1.165, 1.54) is 23.6 Å². The predicted octanol–water partition coefficient (Wildman–Crippen LogP) is 7.15. The second-order valence-electron chi connectivity index (χ2n) is 9.55. The maximum absolute atomic E-state index is 11.1. The molecule has 198 valence electrons. The third-order valence-corrected chi connectivity index (χ3v) is 6.69. The number of hydrogen-bond donors (Lipinski definition) is 1. The molecule has 0 aromatic heterocycles. The summed E-state index contributed by atoms with van der Waals surface area (Å²) in [6.45, 7) is 5.19. The van der Waals surface area contributed by atoms with Crippen LogP contribution in [0.4, 0.5) is 0 Å². The van der Waals surface area contributed by atoms with Gasteiger partial charge in [0, 0.05) is 19.5 Å². The smallest absolute Gasteiger partial charge is 0.216 e. The van der Waals surface area contributed by atoms with Crippen LogP contribution < -0.4 is 14.8 Å². The summed E-state index contributed by atoms with van der Waals surface area (Å²) in [5.41, 5.74) is 7.46. The number of aryl methyl sites for hydroxylation is 1. The van der Waals surface area contributed by atoms with Crippen molar-refractivity contribution in [2.24, 2.45) is 0 Å². The Hall–Kier alpha value is -4.56. The van der Waals surface area contributed by atoms with Crippen molar-refractivity contribution in [2.45, 2.75) is 46.3 Å². The van der Waals surface area contributed by atoms with Gasteiger partial charge in [-0.05, 0) is 77.8 Å². The molecule has 0 atom stereocenters. The first-order valence-electron chi connectivity index (χ1n) is 13.3. The lowest BCUT2D eigenvalue weighted by Crippen LogP contribution is -2.20. The van der Waals surface area contributed by atoms with Crippen molar-refractivity contribution in [3.8, 4) is 28.7 Å². The number of ether oxygens (including phenoxy) is 2. The summed E-state index contributed by atoms with van der Waals surface area (Å²) in [6, 6.07) is 32.3. The van der Waals surface area contributed by atoms with Gasteiger partial charge < -0.3 is 14.8 Å². The van der Waals surface area contributed by atoms with Gasteiger partial charge in [0.25, 0.3) is 0 Å². The molecule has 4 aromatic carbocycles. The highest BCUT2D eigenvalue weighted by atomic mass is 16.5. The van der Waals surface area contributed by atoms with E-state index in [1.54, 1.807) is 12.1 Å². The predicted molar refractivity (Wildman–Crippen MR) is 154 cm³/mol. The van der Waals surface area contributed by atoms with E-state index < -0.39 is 0 Å². The summed E-state index contributed by atoms with van der Waals surface area (Å²) in [5.74, 6) is 1.52. The number of nitrogens with one attached hydrogen (secondary N) is 1. The zero-order chi connectivity index (χ0) is 27.5. The van der Waals surface area contributed by atoms with Gasteiger partial charge in [-0.25, -0.2) is 0 Å². The van der Waals surface area contributed by atoms with Crippen LogP contribution in [-0.4, -0.2) is 12.5 Å². The zero-order valence-electron chi connectivity index (χ0n) is 22.6. The molecule has 0 saturated heterocycles. The summed E-state index contributed by atoms with van der Waals surface area (Å²) in [7, 11) is 0. The number of nitrogens with zero attached hydrogens (tertiary/aromatic N) is 1. The van der Waals surface area contributed by atoms with Gasteiger partial charge in [-0.2, -0.15) is 5.26 Å². The van der Waals surface area contributed by atoms with Crippen LogP contribution in [0.3, 0.4) is 0 Å². The lowest BCUT2D eigenvalue weighted by Gasteiger charge is -2.16. The molecule has 0 saturated carbocycles. The molecular formula is C34H34N2O3. The van der Waals surface area contributed by atoms with Gasteiger partial charge in [0.05, 0.1) is 11.6 Å². The monoisotopic (exact) mass is 518 g/mol. The first-order valence-corrected chi connectivity index (χ1v) is 13.3. The van der Waals surface area contributed by atoms with E-state index in [4.69, 9.17) is 14.7 Å². The van der Waals surface area contributed by atoms with Crippen molar-refractivity contribution in [1.82, 2.24) is 5.32 Å². The molecular weight excluding hydrogens is 484 g/mol. The molecule has 1 N–H and O–H groups in total. The first kappa shape index (κ1) is 27.5. The molecule has 0 heterocycles. The number of unbranched alkanes of at least 4 members (excludes halogenated alkanes) is 1. The molecule has 4 aromatic rings. The van der Waals surface area contributed by atoms with Crippen molar-refractivity contribution in [2.75, 3.05) is 6.54 Å².